The van der Waals surface area contributed by atoms with Crippen molar-refractivity contribution < 1.29 is 22.3 Å². The van der Waals surface area contributed by atoms with E-state index in [-0.39, 0.29) is 6.61 Å². The summed E-state index contributed by atoms with van der Waals surface area (Å²) in [5, 5.41) is 0. The quantitative estimate of drug-likeness (QED) is 0.776. The second kappa shape index (κ2) is 6.75. The lowest BCUT2D eigenvalue weighted by Gasteiger charge is -2.26. The third kappa shape index (κ3) is 4.17. The van der Waals surface area contributed by atoms with Gasteiger partial charge in [-0.15, -0.1) is 0 Å². The first-order valence-corrected chi connectivity index (χ1v) is 6.99. The highest BCUT2D eigenvalue weighted by Gasteiger charge is 2.41. The van der Waals surface area contributed by atoms with Crippen molar-refractivity contribution in [2.75, 3.05) is 13.2 Å². The molecule has 1 fully saturated rings. The first-order valence-electron chi connectivity index (χ1n) is 6.99. The number of ether oxygens (including phenoxy) is 1. The minimum atomic E-state index is -4.13. The Kier molecular flexibility index (Phi) is 5.22. The van der Waals surface area contributed by atoms with Crippen LogP contribution >= 0.6 is 0 Å². The number of benzene rings is 1. The molecule has 21 heavy (non-hydrogen) atoms. The summed E-state index contributed by atoms with van der Waals surface area (Å²) in [6, 6.07) is 7.03. The molecule has 1 unspecified atom stereocenters. The number of halogens is 4. The molecule has 1 aromatic rings. The van der Waals surface area contributed by atoms with E-state index in [0.717, 1.165) is 18.4 Å². The van der Waals surface area contributed by atoms with Crippen molar-refractivity contribution in [2.24, 2.45) is 5.73 Å². The van der Waals surface area contributed by atoms with Gasteiger partial charge in [0.2, 0.25) is 0 Å². The first kappa shape index (κ1) is 16.2. The number of nitrogens with two attached hydrogens (primary N) is 1. The minimum absolute atomic E-state index is 0.212. The van der Waals surface area contributed by atoms with Crippen LogP contribution in [0.1, 0.15) is 42.3 Å². The van der Waals surface area contributed by atoms with Crippen LogP contribution in [0.4, 0.5) is 17.6 Å². The molecule has 1 aromatic carbocycles. The van der Waals surface area contributed by atoms with Crippen LogP contribution in [-0.4, -0.2) is 25.6 Å². The second-order valence-electron chi connectivity index (χ2n) is 5.48. The van der Waals surface area contributed by atoms with Gasteiger partial charge in [0, 0.05) is 0 Å². The number of alkyl halides is 4. The van der Waals surface area contributed by atoms with Crippen molar-refractivity contribution in [3.63, 3.8) is 0 Å². The molecule has 1 aliphatic rings. The lowest BCUT2D eigenvalue weighted by Crippen LogP contribution is -2.33. The molecule has 0 bridgehead atoms. The van der Waals surface area contributed by atoms with Crippen LogP contribution < -0.4 is 5.73 Å². The molecule has 0 saturated heterocycles. The highest BCUT2D eigenvalue weighted by molar-refractivity contribution is 5.29. The summed E-state index contributed by atoms with van der Waals surface area (Å²) >= 11 is 0. The zero-order chi connectivity index (χ0) is 15.5. The highest BCUT2D eigenvalue weighted by atomic mass is 19.3. The smallest absolute Gasteiger partial charge is 0.330 e. The Morgan fingerprint density at radius 2 is 2.00 bits per heavy atom. The van der Waals surface area contributed by atoms with E-state index >= 15 is 0 Å². The molecule has 6 heteroatoms. The average molecular weight is 305 g/mol. The maximum atomic E-state index is 12.7. The van der Waals surface area contributed by atoms with Crippen LogP contribution in [0.5, 0.6) is 0 Å². The summed E-state index contributed by atoms with van der Waals surface area (Å²) in [4.78, 5) is 0. The maximum Gasteiger partial charge on any atom is 0.330 e. The molecule has 118 valence electrons. The Labute approximate surface area is 121 Å². The van der Waals surface area contributed by atoms with E-state index in [1.165, 1.54) is 12.0 Å². The standard InChI is InChI=1S/C15H19F4NO/c16-14(17)15(18,19)9-21-8-13(20)12-6-2-5-11(7-12)10-3-1-4-10/h2,5-7,10,13-14H,1,3-4,8-9,20H2. The predicted molar refractivity (Wildman–Crippen MR) is 71.7 cm³/mol. The Morgan fingerprint density at radius 3 is 2.57 bits per heavy atom. The van der Waals surface area contributed by atoms with Crippen molar-refractivity contribution in [2.45, 2.75) is 43.6 Å². The Morgan fingerprint density at radius 1 is 1.29 bits per heavy atom. The zero-order valence-corrected chi connectivity index (χ0v) is 11.6. The minimum Gasteiger partial charge on any atom is -0.373 e. The van der Waals surface area contributed by atoms with Gasteiger partial charge in [0.15, 0.2) is 0 Å². The van der Waals surface area contributed by atoms with Crippen molar-refractivity contribution in [3.8, 4) is 0 Å². The van der Waals surface area contributed by atoms with Crippen molar-refractivity contribution in [1.82, 2.24) is 0 Å². The molecule has 0 amide bonds. The van der Waals surface area contributed by atoms with Gasteiger partial charge in [0.1, 0.15) is 6.61 Å². The van der Waals surface area contributed by atoms with Gasteiger partial charge in [0.05, 0.1) is 12.6 Å². The molecule has 0 radical (unpaired) electrons. The van der Waals surface area contributed by atoms with Gasteiger partial charge in [-0.3, -0.25) is 0 Å². The fraction of sp³-hybridized carbons (Fsp3) is 0.600. The van der Waals surface area contributed by atoms with E-state index in [9.17, 15) is 17.6 Å². The monoisotopic (exact) mass is 305 g/mol. The van der Waals surface area contributed by atoms with E-state index in [2.05, 4.69) is 4.74 Å². The summed E-state index contributed by atoms with van der Waals surface area (Å²) in [5.74, 6) is -3.59. The van der Waals surface area contributed by atoms with E-state index in [4.69, 9.17) is 5.73 Å². The average Bonchev–Trinajstić information content (AvgIpc) is 2.36. The molecule has 1 aliphatic carbocycles. The molecule has 2 rings (SSSR count). The molecule has 0 aromatic heterocycles. The molecule has 0 heterocycles. The Balaban J connectivity index is 1.87. The molecular formula is C15H19F4NO. The third-order valence-electron chi connectivity index (χ3n) is 3.83. The van der Waals surface area contributed by atoms with Crippen LogP contribution in [0.25, 0.3) is 0 Å². The van der Waals surface area contributed by atoms with E-state index < -0.39 is 25.0 Å². The van der Waals surface area contributed by atoms with E-state index in [1.807, 2.05) is 18.2 Å². The summed E-state index contributed by atoms with van der Waals surface area (Å²) < 4.78 is 54.0. The Hall–Kier alpha value is -1.14. The number of hydrogen-bond donors (Lipinski definition) is 1. The van der Waals surface area contributed by atoms with Gasteiger partial charge in [-0.2, -0.15) is 8.78 Å². The zero-order valence-electron chi connectivity index (χ0n) is 11.6. The molecule has 1 atom stereocenters. The Bertz CT molecular complexity index is 463. The molecule has 1 saturated carbocycles. The summed E-state index contributed by atoms with van der Waals surface area (Å²) in [6.07, 6.45) is -0.214. The number of hydrogen-bond acceptors (Lipinski definition) is 2. The van der Waals surface area contributed by atoms with Gasteiger partial charge in [-0.25, -0.2) is 8.78 Å². The molecule has 2 N–H and O–H groups in total. The van der Waals surface area contributed by atoms with Gasteiger partial charge in [-0.1, -0.05) is 30.7 Å². The van der Waals surface area contributed by atoms with Crippen molar-refractivity contribution >= 4 is 0 Å². The molecule has 2 nitrogen and oxygen atoms in total. The van der Waals surface area contributed by atoms with Gasteiger partial charge in [-0.05, 0) is 29.9 Å². The largest absolute Gasteiger partial charge is 0.373 e. The first-order chi connectivity index (χ1) is 9.90. The predicted octanol–water partition coefficient (Wildman–Crippen LogP) is 3.87. The number of rotatable bonds is 7. The second-order valence-corrected chi connectivity index (χ2v) is 5.48. The SMILES string of the molecule is NC(COCC(F)(F)C(F)F)c1cccc(C2CCC2)c1. The van der Waals surface area contributed by atoms with Gasteiger partial charge in [0.25, 0.3) is 0 Å². The molecule has 0 aliphatic heterocycles. The van der Waals surface area contributed by atoms with Gasteiger partial charge >= 0.3 is 12.3 Å². The lowest BCUT2D eigenvalue weighted by molar-refractivity contribution is -0.166. The van der Waals surface area contributed by atoms with E-state index in [0.29, 0.717) is 5.92 Å². The van der Waals surface area contributed by atoms with Crippen molar-refractivity contribution in [3.05, 3.63) is 35.4 Å². The normalized spacial score (nSPS) is 17.8. The summed E-state index contributed by atoms with van der Waals surface area (Å²) in [6.45, 7) is -1.53. The molecule has 0 spiro atoms. The fourth-order valence-corrected chi connectivity index (χ4v) is 2.27. The van der Waals surface area contributed by atoms with Crippen LogP contribution in [0.3, 0.4) is 0 Å². The van der Waals surface area contributed by atoms with Crippen LogP contribution in [-0.2, 0) is 4.74 Å². The van der Waals surface area contributed by atoms with Crippen LogP contribution in [0.15, 0.2) is 24.3 Å². The fourth-order valence-electron chi connectivity index (χ4n) is 2.27. The van der Waals surface area contributed by atoms with Crippen molar-refractivity contribution in [1.29, 1.82) is 0 Å². The summed E-state index contributed by atoms with van der Waals surface area (Å²) in [7, 11) is 0. The highest BCUT2D eigenvalue weighted by Crippen LogP contribution is 2.36. The summed E-state index contributed by atoms with van der Waals surface area (Å²) in [5.41, 5.74) is 7.84. The van der Waals surface area contributed by atoms with Gasteiger partial charge < -0.3 is 10.5 Å². The van der Waals surface area contributed by atoms with E-state index in [1.54, 1.807) is 6.07 Å². The lowest BCUT2D eigenvalue weighted by atomic mass is 9.79. The topological polar surface area (TPSA) is 35.2 Å². The van der Waals surface area contributed by atoms with Crippen LogP contribution in [0, 0.1) is 0 Å². The maximum absolute atomic E-state index is 12.7. The molecular weight excluding hydrogens is 286 g/mol. The third-order valence-corrected chi connectivity index (χ3v) is 3.83. The van der Waals surface area contributed by atoms with Crippen LogP contribution in [0.2, 0.25) is 0 Å².